The first-order chi connectivity index (χ1) is 12.6. The second-order valence-electron chi connectivity index (χ2n) is 7.20. The van der Waals surface area contributed by atoms with E-state index in [1.165, 1.54) is 18.5 Å². The fraction of sp³-hybridized carbons (Fsp3) is 0.474. The fourth-order valence-electron chi connectivity index (χ4n) is 4.16. The minimum Gasteiger partial charge on any atom is -0.506 e. The molecule has 4 rings (SSSR count). The summed E-state index contributed by atoms with van der Waals surface area (Å²) in [6.07, 6.45) is 3.89. The third-order valence-corrected chi connectivity index (χ3v) is 5.35. The van der Waals surface area contributed by atoms with Gasteiger partial charge in [-0.1, -0.05) is 0 Å². The molecule has 0 radical (unpaired) electrons. The Morgan fingerprint density at radius 1 is 1.19 bits per heavy atom. The topological polar surface area (TPSA) is 78.7 Å². The highest BCUT2D eigenvalue weighted by Crippen LogP contribution is 2.40. The van der Waals surface area contributed by atoms with Gasteiger partial charge in [0.1, 0.15) is 11.9 Å². The van der Waals surface area contributed by atoms with Crippen LogP contribution < -0.4 is 4.74 Å². The number of aromatic nitrogens is 2. The number of likely N-dealkylation sites (tertiary alicyclic amines) is 1. The first-order valence-electron chi connectivity index (χ1n) is 8.91. The molecule has 0 spiro atoms. The van der Waals surface area contributed by atoms with Crippen molar-refractivity contribution in [3.8, 4) is 11.5 Å². The zero-order valence-electron chi connectivity index (χ0n) is 14.3. The number of halogens is 1. The Bertz CT molecular complexity index is 744. The molecule has 6 nitrogen and oxygen atoms in total. The van der Waals surface area contributed by atoms with Crippen molar-refractivity contribution in [2.45, 2.75) is 25.0 Å². The van der Waals surface area contributed by atoms with Gasteiger partial charge >= 0.3 is 0 Å². The van der Waals surface area contributed by atoms with Crippen molar-refractivity contribution in [1.82, 2.24) is 14.9 Å². The lowest BCUT2D eigenvalue weighted by atomic mass is 10.0. The Hall–Kier alpha value is -2.25. The van der Waals surface area contributed by atoms with Crippen LogP contribution in [0.25, 0.3) is 0 Å². The Labute approximate surface area is 151 Å². The first kappa shape index (κ1) is 17.2. The van der Waals surface area contributed by atoms with Crippen LogP contribution >= 0.6 is 0 Å². The van der Waals surface area contributed by atoms with Crippen molar-refractivity contribution >= 4 is 0 Å². The summed E-state index contributed by atoms with van der Waals surface area (Å²) >= 11 is 0. The van der Waals surface area contributed by atoms with E-state index in [1.54, 1.807) is 18.2 Å². The Morgan fingerprint density at radius 3 is 2.62 bits per heavy atom. The fourth-order valence-corrected chi connectivity index (χ4v) is 4.16. The maximum Gasteiger partial charge on any atom is 0.255 e. The number of β-amino-alcohol motifs (C(OH)–C–C–N with tert-alkyl or cyclic N) is 1. The molecule has 2 aliphatic rings. The Balaban J connectivity index is 1.29. The number of rotatable bonds is 5. The molecule has 2 aromatic heterocycles. The van der Waals surface area contributed by atoms with Gasteiger partial charge in [-0.25, -0.2) is 4.98 Å². The number of hydrogen-bond acceptors (Lipinski definition) is 6. The summed E-state index contributed by atoms with van der Waals surface area (Å²) in [4.78, 5) is 9.94. The van der Waals surface area contributed by atoms with Gasteiger partial charge in [0.2, 0.25) is 0 Å². The largest absolute Gasteiger partial charge is 0.506 e. The molecule has 2 aromatic rings. The first-order valence-corrected chi connectivity index (χ1v) is 8.91. The number of aliphatic hydroxyl groups excluding tert-OH is 1. The van der Waals surface area contributed by atoms with Gasteiger partial charge in [-0.3, -0.25) is 9.88 Å². The highest BCUT2D eigenvalue weighted by molar-refractivity contribution is 5.20. The maximum atomic E-state index is 13.6. The van der Waals surface area contributed by atoms with Crippen molar-refractivity contribution in [2.75, 3.05) is 19.6 Å². The molecule has 7 heteroatoms. The summed E-state index contributed by atoms with van der Waals surface area (Å²) < 4.78 is 19.4. The molecule has 0 aromatic carbocycles. The molecule has 3 heterocycles. The van der Waals surface area contributed by atoms with Crippen LogP contribution in [0.5, 0.6) is 11.5 Å². The van der Waals surface area contributed by atoms with E-state index in [0.717, 1.165) is 25.9 Å². The van der Waals surface area contributed by atoms with E-state index in [4.69, 9.17) is 4.74 Å². The van der Waals surface area contributed by atoms with Crippen molar-refractivity contribution in [3.05, 3.63) is 48.3 Å². The minimum absolute atomic E-state index is 0.0227. The maximum absolute atomic E-state index is 13.6. The molecule has 0 bridgehead atoms. The molecule has 4 atom stereocenters. The molecule has 0 unspecified atom stereocenters. The Morgan fingerprint density at radius 2 is 1.96 bits per heavy atom. The average Bonchev–Trinajstić information content (AvgIpc) is 3.15. The van der Waals surface area contributed by atoms with Crippen molar-refractivity contribution in [1.29, 1.82) is 0 Å². The van der Waals surface area contributed by atoms with Crippen LogP contribution in [0.4, 0.5) is 4.39 Å². The zero-order valence-corrected chi connectivity index (χ0v) is 14.3. The highest BCUT2D eigenvalue weighted by atomic mass is 19.1. The van der Waals surface area contributed by atoms with E-state index in [-0.39, 0.29) is 17.6 Å². The van der Waals surface area contributed by atoms with Crippen LogP contribution in [0.3, 0.4) is 0 Å². The lowest BCUT2D eigenvalue weighted by molar-refractivity contribution is 0.112. The van der Waals surface area contributed by atoms with Gasteiger partial charge in [-0.2, -0.15) is 4.39 Å². The predicted molar refractivity (Wildman–Crippen MR) is 92.1 cm³/mol. The van der Waals surface area contributed by atoms with Gasteiger partial charge < -0.3 is 14.9 Å². The molecule has 2 fully saturated rings. The number of aromatic hydroxyl groups is 1. The van der Waals surface area contributed by atoms with Crippen molar-refractivity contribution < 1.29 is 19.3 Å². The van der Waals surface area contributed by atoms with Crippen LogP contribution in [-0.4, -0.2) is 50.8 Å². The van der Waals surface area contributed by atoms with E-state index in [0.29, 0.717) is 24.1 Å². The normalized spacial score (nSPS) is 26.6. The lowest BCUT2D eigenvalue weighted by Crippen LogP contribution is -2.29. The van der Waals surface area contributed by atoms with Gasteiger partial charge in [0.05, 0.1) is 18.0 Å². The number of hydrogen-bond donors (Lipinski definition) is 2. The zero-order chi connectivity index (χ0) is 18.1. The molecule has 138 valence electrons. The van der Waals surface area contributed by atoms with Gasteiger partial charge in [-0.05, 0) is 48.9 Å². The number of aliphatic hydroxyl groups is 1. The van der Waals surface area contributed by atoms with E-state index >= 15 is 0 Å². The smallest absolute Gasteiger partial charge is 0.255 e. The van der Waals surface area contributed by atoms with Crippen LogP contribution in [0.2, 0.25) is 0 Å². The van der Waals surface area contributed by atoms with Gasteiger partial charge in [0, 0.05) is 25.8 Å². The van der Waals surface area contributed by atoms with Crippen molar-refractivity contribution in [2.24, 2.45) is 11.8 Å². The minimum atomic E-state index is -0.675. The molecule has 1 aliphatic carbocycles. The predicted octanol–water partition coefficient (Wildman–Crippen LogP) is 2.14. The molecule has 1 saturated carbocycles. The molecule has 2 N–H and O–H groups in total. The second-order valence-corrected chi connectivity index (χ2v) is 7.20. The van der Waals surface area contributed by atoms with Crippen LogP contribution in [-0.2, 0) is 0 Å². The number of ether oxygens (including phenoxy) is 1. The molecule has 1 aliphatic heterocycles. The number of pyridine rings is 2. The molecular formula is C19H22FN3O3. The molecular weight excluding hydrogens is 337 g/mol. The van der Waals surface area contributed by atoms with Crippen LogP contribution in [0, 0.1) is 17.8 Å². The van der Waals surface area contributed by atoms with E-state index < -0.39 is 12.1 Å². The summed E-state index contributed by atoms with van der Waals surface area (Å²) in [5.41, 5.74) is 0.563. The molecule has 0 amide bonds. The van der Waals surface area contributed by atoms with Crippen LogP contribution in [0.15, 0.2) is 36.7 Å². The van der Waals surface area contributed by atoms with E-state index in [9.17, 15) is 14.6 Å². The highest BCUT2D eigenvalue weighted by Gasteiger charge is 2.42. The van der Waals surface area contributed by atoms with Crippen molar-refractivity contribution in [3.63, 3.8) is 0 Å². The van der Waals surface area contributed by atoms with Crippen LogP contribution in [0.1, 0.15) is 24.6 Å². The number of fused-ring (bicyclic) bond motifs is 1. The molecule has 26 heavy (non-hydrogen) atoms. The SMILES string of the molecule is Oc1ccc([C@@H](O)CN2C[C@H]3C[C@H](Oc4cccnc4F)C[C@H]3C2)nc1. The standard InChI is InChI=1S/C19H22FN3O3/c20-19-18(2-1-5-21-19)26-15-6-12-9-23(10-13(12)7-15)11-17(25)16-4-3-14(24)8-22-16/h1-5,8,12-13,15,17,24-25H,6-7,9-11H2/t12-,13+,15+,17-/m0/s1. The summed E-state index contributed by atoms with van der Waals surface area (Å²) in [7, 11) is 0. The summed E-state index contributed by atoms with van der Waals surface area (Å²) in [5.74, 6) is 0.756. The summed E-state index contributed by atoms with van der Waals surface area (Å²) in [6.45, 7) is 2.32. The van der Waals surface area contributed by atoms with E-state index in [1.807, 2.05) is 0 Å². The van der Waals surface area contributed by atoms with Gasteiger partial charge in [0.15, 0.2) is 5.75 Å². The third kappa shape index (κ3) is 3.64. The quantitative estimate of drug-likeness (QED) is 0.797. The monoisotopic (exact) mass is 359 g/mol. The Kier molecular flexibility index (Phi) is 4.74. The van der Waals surface area contributed by atoms with Gasteiger partial charge in [0.25, 0.3) is 5.95 Å². The average molecular weight is 359 g/mol. The summed E-state index contributed by atoms with van der Waals surface area (Å²) in [5, 5.41) is 19.6. The molecule has 1 saturated heterocycles. The van der Waals surface area contributed by atoms with Gasteiger partial charge in [-0.15, -0.1) is 0 Å². The summed E-state index contributed by atoms with van der Waals surface area (Å²) in [6, 6.07) is 6.46. The third-order valence-electron chi connectivity index (χ3n) is 5.35. The second kappa shape index (κ2) is 7.17. The lowest BCUT2D eigenvalue weighted by Gasteiger charge is -2.22. The van der Waals surface area contributed by atoms with E-state index in [2.05, 4.69) is 14.9 Å². The number of nitrogens with zero attached hydrogens (tertiary/aromatic N) is 3.